The van der Waals surface area contributed by atoms with Crippen LogP contribution in [0.5, 0.6) is 0 Å². The van der Waals surface area contributed by atoms with E-state index < -0.39 is 11.7 Å². The van der Waals surface area contributed by atoms with E-state index in [1.807, 2.05) is 30.3 Å². The highest BCUT2D eigenvalue weighted by Gasteiger charge is 2.21. The van der Waals surface area contributed by atoms with Gasteiger partial charge in [-0.3, -0.25) is 4.79 Å². The lowest BCUT2D eigenvalue weighted by Crippen LogP contribution is -2.13. The predicted octanol–water partition coefficient (Wildman–Crippen LogP) is 4.88. The molecule has 0 aliphatic heterocycles. The molecule has 1 amide bonds. The van der Waals surface area contributed by atoms with Gasteiger partial charge in [-0.2, -0.15) is 5.10 Å². The number of carbonyl (C=O) groups excluding carboxylic acids is 1. The number of benzene rings is 2. The molecule has 0 saturated heterocycles. The molecule has 24 heavy (non-hydrogen) atoms. The molecule has 1 N–H and O–H groups in total. The van der Waals surface area contributed by atoms with Crippen molar-refractivity contribution in [3.05, 3.63) is 75.8 Å². The number of halogens is 3. The zero-order valence-corrected chi connectivity index (χ0v) is 14.1. The molecule has 0 aliphatic carbocycles. The first-order valence-corrected chi connectivity index (χ1v) is 7.80. The Balaban J connectivity index is 1.93. The summed E-state index contributed by atoms with van der Waals surface area (Å²) in [5.41, 5.74) is 1.85. The number of aryl methyl sites for hydroxylation is 1. The summed E-state index contributed by atoms with van der Waals surface area (Å²) in [5.74, 6) is -0.997. The van der Waals surface area contributed by atoms with Crippen molar-refractivity contribution in [2.24, 2.45) is 0 Å². The largest absolute Gasteiger partial charge is 0.322 e. The van der Waals surface area contributed by atoms with E-state index in [4.69, 9.17) is 23.2 Å². The minimum atomic E-state index is -0.555. The van der Waals surface area contributed by atoms with Crippen LogP contribution in [0.25, 0.3) is 5.69 Å². The molecule has 4 nitrogen and oxygen atoms in total. The molecule has 7 heteroatoms. The Morgan fingerprint density at radius 3 is 2.54 bits per heavy atom. The van der Waals surface area contributed by atoms with E-state index in [2.05, 4.69) is 10.4 Å². The lowest BCUT2D eigenvalue weighted by molar-refractivity contribution is 0.102. The van der Waals surface area contributed by atoms with Crippen LogP contribution < -0.4 is 5.32 Å². The van der Waals surface area contributed by atoms with Gasteiger partial charge in [-0.25, -0.2) is 9.07 Å². The normalized spacial score (nSPS) is 10.7. The summed E-state index contributed by atoms with van der Waals surface area (Å²) in [6, 6.07) is 13.2. The number of para-hydroxylation sites is 1. The summed E-state index contributed by atoms with van der Waals surface area (Å²) in [6.07, 6.45) is 0. The summed E-state index contributed by atoms with van der Waals surface area (Å²) < 4.78 is 14.7. The van der Waals surface area contributed by atoms with Gasteiger partial charge >= 0.3 is 0 Å². The van der Waals surface area contributed by atoms with Gasteiger partial charge in [0, 0.05) is 5.69 Å². The molecular weight excluding hydrogens is 352 g/mol. The van der Waals surface area contributed by atoms with Crippen molar-refractivity contribution in [1.29, 1.82) is 0 Å². The number of nitrogens with zero attached hydrogens (tertiary/aromatic N) is 2. The molecule has 0 atom stereocenters. The smallest absolute Gasteiger partial charge is 0.260 e. The van der Waals surface area contributed by atoms with Crippen LogP contribution in [0.15, 0.2) is 48.5 Å². The fourth-order valence-electron chi connectivity index (χ4n) is 2.26. The highest BCUT2D eigenvalue weighted by Crippen LogP contribution is 2.25. The van der Waals surface area contributed by atoms with Crippen LogP contribution in [0, 0.1) is 12.7 Å². The molecule has 122 valence electrons. The van der Waals surface area contributed by atoms with Crippen molar-refractivity contribution in [3.8, 4) is 5.69 Å². The van der Waals surface area contributed by atoms with Crippen LogP contribution in [0.2, 0.25) is 10.2 Å². The Labute approximate surface area is 147 Å². The van der Waals surface area contributed by atoms with Crippen molar-refractivity contribution in [2.75, 3.05) is 5.32 Å². The first-order chi connectivity index (χ1) is 11.5. The Kier molecular flexibility index (Phi) is 4.55. The molecule has 0 bridgehead atoms. The first kappa shape index (κ1) is 16.5. The van der Waals surface area contributed by atoms with Gasteiger partial charge in [-0.05, 0) is 37.3 Å². The third-order valence-electron chi connectivity index (χ3n) is 3.41. The van der Waals surface area contributed by atoms with Gasteiger partial charge in [0.2, 0.25) is 0 Å². The maximum Gasteiger partial charge on any atom is 0.260 e. The fraction of sp³-hybridized carbons (Fsp3) is 0.0588. The Bertz CT molecular complexity index is 910. The highest BCUT2D eigenvalue weighted by atomic mass is 35.5. The lowest BCUT2D eigenvalue weighted by Gasteiger charge is -2.06. The van der Waals surface area contributed by atoms with Crippen molar-refractivity contribution in [1.82, 2.24) is 9.78 Å². The molecule has 1 heterocycles. The standard InChI is InChI=1S/C17H12Cl2FN3O/c1-10-15(16(19)23(22-10)12-5-3-2-4-6-12)17(24)21-11-7-8-14(20)13(18)9-11/h2-9H,1H3,(H,21,24). The van der Waals surface area contributed by atoms with E-state index >= 15 is 0 Å². The monoisotopic (exact) mass is 363 g/mol. The molecule has 0 unspecified atom stereocenters. The minimum Gasteiger partial charge on any atom is -0.322 e. The van der Waals surface area contributed by atoms with E-state index in [0.29, 0.717) is 11.4 Å². The zero-order valence-electron chi connectivity index (χ0n) is 12.6. The van der Waals surface area contributed by atoms with E-state index in [-0.39, 0.29) is 15.7 Å². The third-order valence-corrected chi connectivity index (χ3v) is 4.05. The van der Waals surface area contributed by atoms with E-state index in [1.165, 1.54) is 22.9 Å². The van der Waals surface area contributed by atoms with E-state index in [0.717, 1.165) is 5.69 Å². The van der Waals surface area contributed by atoms with Crippen LogP contribution in [0.4, 0.5) is 10.1 Å². The second-order valence-corrected chi connectivity index (χ2v) is 5.85. The molecule has 0 fully saturated rings. The van der Waals surface area contributed by atoms with Crippen molar-refractivity contribution in [3.63, 3.8) is 0 Å². The zero-order chi connectivity index (χ0) is 17.3. The number of hydrogen-bond acceptors (Lipinski definition) is 2. The van der Waals surface area contributed by atoms with Gasteiger partial charge in [0.1, 0.15) is 16.5 Å². The summed E-state index contributed by atoms with van der Waals surface area (Å²) in [5, 5.41) is 7.08. The molecule has 3 rings (SSSR count). The number of amides is 1. The average molecular weight is 364 g/mol. The molecule has 2 aromatic carbocycles. The topological polar surface area (TPSA) is 46.9 Å². The Morgan fingerprint density at radius 1 is 1.17 bits per heavy atom. The Morgan fingerprint density at radius 2 is 1.88 bits per heavy atom. The third kappa shape index (κ3) is 3.13. The molecule has 0 aliphatic rings. The predicted molar refractivity (Wildman–Crippen MR) is 92.7 cm³/mol. The summed E-state index contributed by atoms with van der Waals surface area (Å²) in [6.45, 7) is 1.69. The molecule has 1 aromatic heterocycles. The van der Waals surface area contributed by atoms with Gasteiger partial charge in [0.25, 0.3) is 5.91 Å². The Hall–Kier alpha value is -2.37. The first-order valence-electron chi connectivity index (χ1n) is 7.04. The van der Waals surface area contributed by atoms with Gasteiger partial charge in [0.15, 0.2) is 0 Å². The average Bonchev–Trinajstić information content (AvgIpc) is 2.86. The van der Waals surface area contributed by atoms with E-state index in [9.17, 15) is 9.18 Å². The van der Waals surface area contributed by atoms with Crippen LogP contribution in [0.3, 0.4) is 0 Å². The van der Waals surface area contributed by atoms with Crippen LogP contribution >= 0.6 is 23.2 Å². The quantitative estimate of drug-likeness (QED) is 0.720. The van der Waals surface area contributed by atoms with Gasteiger partial charge < -0.3 is 5.32 Å². The minimum absolute atomic E-state index is 0.0735. The molecule has 3 aromatic rings. The number of nitrogens with one attached hydrogen (secondary N) is 1. The second-order valence-electron chi connectivity index (χ2n) is 5.08. The summed E-state index contributed by atoms with van der Waals surface area (Å²) in [7, 11) is 0. The van der Waals surface area contributed by atoms with Gasteiger partial charge in [-0.1, -0.05) is 41.4 Å². The SMILES string of the molecule is Cc1nn(-c2ccccc2)c(Cl)c1C(=O)Nc1ccc(F)c(Cl)c1. The fourth-order valence-corrected chi connectivity index (χ4v) is 2.80. The molecule has 0 spiro atoms. The number of hydrogen-bond donors (Lipinski definition) is 1. The number of carbonyl (C=O) groups is 1. The van der Waals surface area contributed by atoms with E-state index in [1.54, 1.807) is 6.92 Å². The van der Waals surface area contributed by atoms with Crippen LogP contribution in [0.1, 0.15) is 16.1 Å². The van der Waals surface area contributed by atoms with Crippen LogP contribution in [-0.4, -0.2) is 15.7 Å². The van der Waals surface area contributed by atoms with Gasteiger partial charge in [0.05, 0.1) is 16.4 Å². The highest BCUT2D eigenvalue weighted by molar-refractivity contribution is 6.34. The molecule has 0 radical (unpaired) electrons. The summed E-state index contributed by atoms with van der Waals surface area (Å²) >= 11 is 12.1. The molecule has 0 saturated carbocycles. The second kappa shape index (κ2) is 6.63. The number of rotatable bonds is 3. The van der Waals surface area contributed by atoms with Crippen LogP contribution in [-0.2, 0) is 0 Å². The number of anilines is 1. The van der Waals surface area contributed by atoms with Gasteiger partial charge in [-0.15, -0.1) is 0 Å². The maximum atomic E-state index is 13.2. The maximum absolute atomic E-state index is 13.2. The summed E-state index contributed by atoms with van der Waals surface area (Å²) in [4.78, 5) is 12.5. The number of aromatic nitrogens is 2. The van der Waals surface area contributed by atoms with Crippen molar-refractivity contribution >= 4 is 34.8 Å². The van der Waals surface area contributed by atoms with Crippen molar-refractivity contribution < 1.29 is 9.18 Å². The molecular formula is C17H12Cl2FN3O. The van der Waals surface area contributed by atoms with Crippen molar-refractivity contribution in [2.45, 2.75) is 6.92 Å². The lowest BCUT2D eigenvalue weighted by atomic mass is 10.2.